The standard InChI is InChI=1S/C17H15N3O4S/c21-17(13-3-1-9-18-11-13)20-14-5-7-16(8-6-14)25(22,23)19-12-15-4-2-10-24-15/h1-11,19H,12H2,(H,20,21). The SMILES string of the molecule is O=C(Nc1ccc(S(=O)(=O)NCc2ccco2)cc1)c1cccnc1. The molecular weight excluding hydrogens is 342 g/mol. The minimum Gasteiger partial charge on any atom is -0.468 e. The van der Waals surface area contributed by atoms with Crippen LogP contribution in [0, 0.1) is 0 Å². The van der Waals surface area contributed by atoms with Crippen molar-refractivity contribution in [3.63, 3.8) is 0 Å². The smallest absolute Gasteiger partial charge is 0.257 e. The van der Waals surface area contributed by atoms with Gasteiger partial charge in [-0.05, 0) is 48.5 Å². The van der Waals surface area contributed by atoms with Crippen molar-refractivity contribution in [2.24, 2.45) is 0 Å². The van der Waals surface area contributed by atoms with Gasteiger partial charge >= 0.3 is 0 Å². The third-order valence-corrected chi connectivity index (χ3v) is 4.78. The number of pyridine rings is 1. The molecule has 0 atom stereocenters. The summed E-state index contributed by atoms with van der Waals surface area (Å²) in [7, 11) is -3.67. The predicted molar refractivity (Wildman–Crippen MR) is 91.4 cm³/mol. The Morgan fingerprint density at radius 3 is 2.52 bits per heavy atom. The lowest BCUT2D eigenvalue weighted by molar-refractivity contribution is 0.102. The number of furan rings is 1. The molecule has 2 aromatic heterocycles. The van der Waals surface area contributed by atoms with E-state index in [1.807, 2.05) is 0 Å². The van der Waals surface area contributed by atoms with Crippen LogP contribution < -0.4 is 10.0 Å². The zero-order chi connectivity index (χ0) is 17.7. The zero-order valence-electron chi connectivity index (χ0n) is 13.0. The molecule has 0 bridgehead atoms. The van der Waals surface area contributed by atoms with Crippen LogP contribution >= 0.6 is 0 Å². The molecule has 0 unspecified atom stereocenters. The van der Waals surface area contributed by atoms with Crippen molar-refractivity contribution in [1.82, 2.24) is 9.71 Å². The fourth-order valence-corrected chi connectivity index (χ4v) is 3.07. The molecule has 0 aliphatic heterocycles. The first-order valence-electron chi connectivity index (χ1n) is 7.38. The van der Waals surface area contributed by atoms with Gasteiger partial charge in [-0.2, -0.15) is 0 Å². The molecule has 0 aliphatic carbocycles. The average Bonchev–Trinajstić information content (AvgIpc) is 3.15. The highest BCUT2D eigenvalue weighted by molar-refractivity contribution is 7.89. The summed E-state index contributed by atoms with van der Waals surface area (Å²) < 4.78 is 32.0. The first-order valence-corrected chi connectivity index (χ1v) is 8.86. The van der Waals surface area contributed by atoms with Crippen molar-refractivity contribution in [3.05, 3.63) is 78.5 Å². The minimum absolute atomic E-state index is 0.0643. The Morgan fingerprint density at radius 1 is 1.08 bits per heavy atom. The predicted octanol–water partition coefficient (Wildman–Crippen LogP) is 2.41. The van der Waals surface area contributed by atoms with Gasteiger partial charge in [-0.3, -0.25) is 9.78 Å². The van der Waals surface area contributed by atoms with E-state index in [0.29, 0.717) is 17.0 Å². The van der Waals surface area contributed by atoms with Gasteiger partial charge in [-0.15, -0.1) is 0 Å². The van der Waals surface area contributed by atoms with Crippen molar-refractivity contribution in [2.75, 3.05) is 5.32 Å². The second-order valence-electron chi connectivity index (χ2n) is 5.12. The zero-order valence-corrected chi connectivity index (χ0v) is 13.9. The summed E-state index contributed by atoms with van der Waals surface area (Å²) in [4.78, 5) is 16.0. The van der Waals surface area contributed by atoms with Gasteiger partial charge in [0.15, 0.2) is 0 Å². The number of anilines is 1. The van der Waals surface area contributed by atoms with Gasteiger partial charge in [-0.1, -0.05) is 0 Å². The first-order chi connectivity index (χ1) is 12.0. The Morgan fingerprint density at radius 2 is 1.88 bits per heavy atom. The quantitative estimate of drug-likeness (QED) is 0.705. The van der Waals surface area contributed by atoms with Crippen LogP contribution in [0.4, 0.5) is 5.69 Å². The van der Waals surface area contributed by atoms with Crippen LogP contribution in [0.3, 0.4) is 0 Å². The van der Waals surface area contributed by atoms with Crippen molar-refractivity contribution < 1.29 is 17.6 Å². The molecule has 2 N–H and O–H groups in total. The molecule has 0 saturated heterocycles. The van der Waals surface area contributed by atoms with E-state index in [4.69, 9.17) is 4.42 Å². The van der Waals surface area contributed by atoms with E-state index in [9.17, 15) is 13.2 Å². The monoisotopic (exact) mass is 357 g/mol. The Kier molecular flexibility index (Phi) is 4.92. The third kappa shape index (κ3) is 4.31. The number of aromatic nitrogens is 1. The maximum atomic E-state index is 12.2. The summed E-state index contributed by atoms with van der Waals surface area (Å²) in [6.07, 6.45) is 4.50. The highest BCUT2D eigenvalue weighted by Crippen LogP contribution is 2.15. The van der Waals surface area contributed by atoms with Gasteiger partial charge < -0.3 is 9.73 Å². The summed E-state index contributed by atoms with van der Waals surface area (Å²) in [6.45, 7) is 0.0643. The average molecular weight is 357 g/mol. The van der Waals surface area contributed by atoms with E-state index >= 15 is 0 Å². The largest absolute Gasteiger partial charge is 0.468 e. The fourth-order valence-electron chi connectivity index (χ4n) is 2.08. The highest BCUT2D eigenvalue weighted by atomic mass is 32.2. The molecule has 0 fully saturated rings. The maximum Gasteiger partial charge on any atom is 0.257 e. The number of hydrogen-bond donors (Lipinski definition) is 2. The molecule has 2 heterocycles. The van der Waals surface area contributed by atoms with Crippen LogP contribution in [-0.4, -0.2) is 19.3 Å². The Balaban J connectivity index is 1.66. The van der Waals surface area contributed by atoms with Crippen molar-refractivity contribution in [2.45, 2.75) is 11.4 Å². The first kappa shape index (κ1) is 16.9. The molecule has 1 amide bonds. The van der Waals surface area contributed by atoms with Gasteiger partial charge in [0, 0.05) is 18.1 Å². The Bertz CT molecular complexity index is 937. The molecule has 3 rings (SSSR count). The molecule has 0 aliphatic rings. The topological polar surface area (TPSA) is 101 Å². The van der Waals surface area contributed by atoms with Crippen molar-refractivity contribution in [1.29, 1.82) is 0 Å². The highest BCUT2D eigenvalue weighted by Gasteiger charge is 2.14. The number of amides is 1. The summed E-state index contributed by atoms with van der Waals surface area (Å²) >= 11 is 0. The molecule has 0 radical (unpaired) electrons. The number of nitrogens with zero attached hydrogens (tertiary/aromatic N) is 1. The second kappa shape index (κ2) is 7.29. The van der Waals surface area contributed by atoms with Crippen LogP contribution in [0.25, 0.3) is 0 Å². The molecular formula is C17H15N3O4S. The number of rotatable bonds is 6. The number of carbonyl (C=O) groups excluding carboxylic acids is 1. The van der Waals surface area contributed by atoms with Crippen LogP contribution in [0.2, 0.25) is 0 Å². The number of nitrogens with one attached hydrogen (secondary N) is 2. The lowest BCUT2D eigenvalue weighted by Gasteiger charge is -2.08. The van der Waals surface area contributed by atoms with Crippen LogP contribution in [0.5, 0.6) is 0 Å². The van der Waals surface area contributed by atoms with Crippen LogP contribution in [0.1, 0.15) is 16.1 Å². The molecule has 0 spiro atoms. The molecule has 128 valence electrons. The molecule has 8 heteroatoms. The summed E-state index contributed by atoms with van der Waals surface area (Å²) in [6, 6.07) is 12.6. The Hall–Kier alpha value is -2.97. The van der Waals surface area contributed by atoms with E-state index < -0.39 is 10.0 Å². The van der Waals surface area contributed by atoms with Gasteiger partial charge in [-0.25, -0.2) is 13.1 Å². The second-order valence-corrected chi connectivity index (χ2v) is 6.89. The van der Waals surface area contributed by atoms with E-state index in [2.05, 4.69) is 15.0 Å². The Labute approximate surface area is 144 Å². The fraction of sp³-hybridized carbons (Fsp3) is 0.0588. The molecule has 7 nitrogen and oxygen atoms in total. The number of hydrogen-bond acceptors (Lipinski definition) is 5. The van der Waals surface area contributed by atoms with E-state index in [1.165, 1.54) is 36.7 Å². The summed E-state index contributed by atoms with van der Waals surface area (Å²) in [5.74, 6) is 0.198. The number of carbonyl (C=O) groups is 1. The number of sulfonamides is 1. The van der Waals surface area contributed by atoms with E-state index in [0.717, 1.165) is 0 Å². The number of benzene rings is 1. The lowest BCUT2D eigenvalue weighted by atomic mass is 10.2. The van der Waals surface area contributed by atoms with Crippen LogP contribution in [0.15, 0.2) is 76.5 Å². The van der Waals surface area contributed by atoms with Gasteiger partial charge in [0.05, 0.1) is 23.3 Å². The molecule has 25 heavy (non-hydrogen) atoms. The third-order valence-electron chi connectivity index (χ3n) is 3.36. The molecule has 3 aromatic rings. The minimum atomic E-state index is -3.67. The lowest BCUT2D eigenvalue weighted by Crippen LogP contribution is -2.23. The van der Waals surface area contributed by atoms with Crippen LogP contribution in [-0.2, 0) is 16.6 Å². The molecule has 1 aromatic carbocycles. The normalized spacial score (nSPS) is 11.2. The van der Waals surface area contributed by atoms with Gasteiger partial charge in [0.25, 0.3) is 5.91 Å². The van der Waals surface area contributed by atoms with Gasteiger partial charge in [0.1, 0.15) is 5.76 Å². The van der Waals surface area contributed by atoms with Crippen molar-refractivity contribution >= 4 is 21.6 Å². The maximum absolute atomic E-state index is 12.2. The van der Waals surface area contributed by atoms with Crippen molar-refractivity contribution in [3.8, 4) is 0 Å². The van der Waals surface area contributed by atoms with Gasteiger partial charge in [0.2, 0.25) is 10.0 Å². The van der Waals surface area contributed by atoms with E-state index in [1.54, 1.807) is 30.5 Å². The molecule has 0 saturated carbocycles. The summed E-state index contributed by atoms with van der Waals surface area (Å²) in [5, 5.41) is 2.68. The summed E-state index contributed by atoms with van der Waals surface area (Å²) in [5.41, 5.74) is 0.901. The van der Waals surface area contributed by atoms with E-state index in [-0.39, 0.29) is 17.3 Å².